The predicted octanol–water partition coefficient (Wildman–Crippen LogP) is 3.62. The van der Waals surface area contributed by atoms with E-state index in [0.29, 0.717) is 17.3 Å². The summed E-state index contributed by atoms with van der Waals surface area (Å²) in [6.07, 6.45) is 0. The van der Waals surface area contributed by atoms with Crippen LogP contribution in [0.5, 0.6) is 0 Å². The van der Waals surface area contributed by atoms with Crippen LogP contribution in [0.4, 0.5) is 0 Å². The van der Waals surface area contributed by atoms with Crippen LogP contribution in [-0.4, -0.2) is 21.6 Å². The van der Waals surface area contributed by atoms with Crippen LogP contribution in [-0.2, 0) is 11.3 Å². The lowest BCUT2D eigenvalue weighted by atomic mass is 10.2. The Kier molecular flexibility index (Phi) is 4.65. The Morgan fingerprint density at radius 1 is 1.18 bits per heavy atom. The lowest BCUT2D eigenvalue weighted by Crippen LogP contribution is -2.24. The number of hydrogen-bond donors (Lipinski definition) is 2. The minimum atomic E-state index is -0.0274. The fraction of sp³-hybridized carbons (Fsp3) is 0.125. The quantitative estimate of drug-likeness (QED) is 0.702. The van der Waals surface area contributed by atoms with Gasteiger partial charge in [-0.1, -0.05) is 47.6 Å². The Balaban J connectivity index is 1.50. The molecule has 2 N–H and O–H groups in total. The van der Waals surface area contributed by atoms with E-state index in [2.05, 4.69) is 15.3 Å². The summed E-state index contributed by atoms with van der Waals surface area (Å²) < 4.78 is 0. The zero-order valence-corrected chi connectivity index (χ0v) is 13.2. The number of amides is 1. The second-order valence-electron chi connectivity index (χ2n) is 4.75. The van der Waals surface area contributed by atoms with Crippen molar-refractivity contribution in [3.63, 3.8) is 0 Å². The number of imidazole rings is 1. The molecule has 0 bridgehead atoms. The number of H-pyrrole nitrogens is 1. The normalized spacial score (nSPS) is 10.8. The number of fused-ring (bicyclic) bond motifs is 1. The fourth-order valence-corrected chi connectivity index (χ4v) is 2.83. The maximum Gasteiger partial charge on any atom is 0.230 e. The molecule has 1 aromatic heterocycles. The van der Waals surface area contributed by atoms with Crippen molar-refractivity contribution in [3.8, 4) is 0 Å². The van der Waals surface area contributed by atoms with Gasteiger partial charge in [0.05, 0.1) is 16.8 Å². The monoisotopic (exact) mass is 331 g/mol. The van der Waals surface area contributed by atoms with Gasteiger partial charge in [-0.25, -0.2) is 4.98 Å². The second kappa shape index (κ2) is 6.85. The number of halogens is 1. The van der Waals surface area contributed by atoms with Crippen LogP contribution in [0, 0.1) is 0 Å². The number of para-hydroxylation sites is 2. The fourth-order valence-electron chi connectivity index (χ4n) is 1.99. The van der Waals surface area contributed by atoms with E-state index >= 15 is 0 Å². The first-order valence-corrected chi connectivity index (χ1v) is 8.16. The molecule has 2 aromatic carbocycles. The topological polar surface area (TPSA) is 57.8 Å². The predicted molar refractivity (Wildman–Crippen MR) is 90.1 cm³/mol. The number of aromatic nitrogens is 2. The van der Waals surface area contributed by atoms with E-state index in [1.807, 2.05) is 48.5 Å². The van der Waals surface area contributed by atoms with Crippen LogP contribution in [0.15, 0.2) is 53.7 Å². The number of carbonyl (C=O) groups is 1. The van der Waals surface area contributed by atoms with Gasteiger partial charge >= 0.3 is 0 Å². The summed E-state index contributed by atoms with van der Waals surface area (Å²) in [7, 11) is 0. The third kappa shape index (κ3) is 3.81. The maximum atomic E-state index is 11.9. The van der Waals surface area contributed by atoms with Crippen LogP contribution in [0.3, 0.4) is 0 Å². The van der Waals surface area contributed by atoms with E-state index in [4.69, 9.17) is 11.6 Å². The minimum absolute atomic E-state index is 0.0274. The summed E-state index contributed by atoms with van der Waals surface area (Å²) in [5, 5.41) is 4.32. The average Bonchev–Trinajstić information content (AvgIpc) is 2.95. The molecule has 0 aliphatic rings. The van der Waals surface area contributed by atoms with Gasteiger partial charge in [0.2, 0.25) is 5.91 Å². The highest BCUT2D eigenvalue weighted by molar-refractivity contribution is 7.99. The first-order valence-electron chi connectivity index (χ1n) is 6.79. The minimum Gasteiger partial charge on any atom is -0.351 e. The van der Waals surface area contributed by atoms with Crippen molar-refractivity contribution in [2.24, 2.45) is 0 Å². The number of thioether (sulfide) groups is 1. The van der Waals surface area contributed by atoms with Gasteiger partial charge < -0.3 is 10.3 Å². The molecule has 0 radical (unpaired) electrons. The maximum absolute atomic E-state index is 11.9. The van der Waals surface area contributed by atoms with Gasteiger partial charge in [-0.3, -0.25) is 4.79 Å². The number of carbonyl (C=O) groups excluding carboxylic acids is 1. The molecule has 22 heavy (non-hydrogen) atoms. The molecule has 1 heterocycles. The van der Waals surface area contributed by atoms with Gasteiger partial charge in [-0.05, 0) is 29.8 Å². The molecule has 4 nitrogen and oxygen atoms in total. The second-order valence-corrected chi connectivity index (χ2v) is 6.15. The molecule has 3 rings (SSSR count). The van der Waals surface area contributed by atoms with Gasteiger partial charge in [-0.15, -0.1) is 0 Å². The summed E-state index contributed by atoms with van der Waals surface area (Å²) in [5.41, 5.74) is 2.91. The van der Waals surface area contributed by atoms with E-state index in [9.17, 15) is 4.79 Å². The number of benzene rings is 2. The molecule has 3 aromatic rings. The summed E-state index contributed by atoms with van der Waals surface area (Å²) in [6.45, 7) is 0.497. The van der Waals surface area contributed by atoms with E-state index in [1.54, 1.807) is 0 Å². The van der Waals surface area contributed by atoms with Crippen LogP contribution in [0.2, 0.25) is 5.02 Å². The van der Waals surface area contributed by atoms with Gasteiger partial charge in [0, 0.05) is 11.6 Å². The van der Waals surface area contributed by atoms with E-state index in [-0.39, 0.29) is 5.91 Å². The zero-order valence-electron chi connectivity index (χ0n) is 11.7. The standard InChI is InChI=1S/C16H14ClN3OS/c17-12-7-5-11(6-8-12)9-18-15(21)10-22-16-19-13-3-1-2-4-14(13)20-16/h1-8H,9-10H2,(H,18,21)(H,19,20). The molecule has 0 saturated carbocycles. The van der Waals surface area contributed by atoms with Crippen LogP contribution >= 0.6 is 23.4 Å². The lowest BCUT2D eigenvalue weighted by molar-refractivity contribution is -0.118. The van der Waals surface area contributed by atoms with Crippen molar-refractivity contribution >= 4 is 40.3 Å². The van der Waals surface area contributed by atoms with E-state index in [0.717, 1.165) is 21.8 Å². The Morgan fingerprint density at radius 3 is 2.73 bits per heavy atom. The van der Waals surface area contributed by atoms with Gasteiger partial charge in [-0.2, -0.15) is 0 Å². The number of rotatable bonds is 5. The summed E-state index contributed by atoms with van der Waals surface area (Å²) in [6, 6.07) is 15.2. The molecule has 0 aliphatic carbocycles. The molecular formula is C16H14ClN3OS. The first-order chi connectivity index (χ1) is 10.7. The third-order valence-corrected chi connectivity index (χ3v) is 4.24. The number of nitrogens with zero attached hydrogens (tertiary/aromatic N) is 1. The van der Waals surface area contributed by atoms with Crippen molar-refractivity contribution in [2.75, 3.05) is 5.75 Å². The van der Waals surface area contributed by atoms with E-state index < -0.39 is 0 Å². The highest BCUT2D eigenvalue weighted by Gasteiger charge is 2.06. The smallest absolute Gasteiger partial charge is 0.230 e. The van der Waals surface area contributed by atoms with Crippen LogP contribution < -0.4 is 5.32 Å². The molecule has 1 amide bonds. The molecule has 0 aliphatic heterocycles. The Bertz CT molecular complexity index is 752. The molecule has 6 heteroatoms. The highest BCUT2D eigenvalue weighted by Crippen LogP contribution is 2.18. The highest BCUT2D eigenvalue weighted by atomic mass is 35.5. The van der Waals surface area contributed by atoms with E-state index in [1.165, 1.54) is 11.8 Å². The zero-order chi connectivity index (χ0) is 15.4. The lowest BCUT2D eigenvalue weighted by Gasteiger charge is -2.04. The average molecular weight is 332 g/mol. The van der Waals surface area contributed by atoms with Gasteiger partial charge in [0.15, 0.2) is 5.16 Å². The Morgan fingerprint density at radius 2 is 1.95 bits per heavy atom. The Hall–Kier alpha value is -1.98. The molecule has 0 saturated heterocycles. The van der Waals surface area contributed by atoms with Gasteiger partial charge in [0.1, 0.15) is 0 Å². The Labute approximate surface area is 137 Å². The molecule has 0 spiro atoms. The number of nitrogens with one attached hydrogen (secondary N) is 2. The molecule has 0 unspecified atom stereocenters. The van der Waals surface area contributed by atoms with Crippen molar-refractivity contribution in [1.29, 1.82) is 0 Å². The molecule has 112 valence electrons. The molecule has 0 atom stereocenters. The first kappa shape index (κ1) is 14.9. The summed E-state index contributed by atoms with van der Waals surface area (Å²) in [4.78, 5) is 19.5. The van der Waals surface area contributed by atoms with Crippen LogP contribution in [0.25, 0.3) is 11.0 Å². The summed E-state index contributed by atoms with van der Waals surface area (Å²) >= 11 is 7.22. The van der Waals surface area contributed by atoms with Gasteiger partial charge in [0.25, 0.3) is 0 Å². The largest absolute Gasteiger partial charge is 0.351 e. The number of hydrogen-bond acceptors (Lipinski definition) is 3. The van der Waals surface area contributed by atoms with Crippen molar-refractivity contribution in [2.45, 2.75) is 11.7 Å². The SMILES string of the molecule is O=C(CSc1nc2ccccc2[nH]1)NCc1ccc(Cl)cc1. The van der Waals surface area contributed by atoms with Crippen molar-refractivity contribution in [3.05, 3.63) is 59.1 Å². The summed E-state index contributed by atoms with van der Waals surface area (Å²) in [5.74, 6) is 0.299. The third-order valence-electron chi connectivity index (χ3n) is 3.11. The van der Waals surface area contributed by atoms with Crippen molar-refractivity contribution < 1.29 is 4.79 Å². The van der Waals surface area contributed by atoms with Crippen LogP contribution in [0.1, 0.15) is 5.56 Å². The molecular weight excluding hydrogens is 318 g/mol. The number of aromatic amines is 1. The van der Waals surface area contributed by atoms with Crippen molar-refractivity contribution in [1.82, 2.24) is 15.3 Å². The molecule has 0 fully saturated rings.